The number of benzene rings is 2. The number of carbonyl (C=O) groups is 1. The first kappa shape index (κ1) is 21.6. The highest BCUT2D eigenvalue weighted by Crippen LogP contribution is 2.31. The Morgan fingerprint density at radius 1 is 1.07 bits per heavy atom. The van der Waals surface area contributed by atoms with Gasteiger partial charge in [0.2, 0.25) is 10.0 Å². The number of nitrogens with zero attached hydrogens (tertiary/aromatic N) is 1. The predicted octanol–water partition coefficient (Wildman–Crippen LogP) is 4.55. The van der Waals surface area contributed by atoms with Crippen LogP contribution in [0.15, 0.2) is 47.4 Å². The normalized spacial score (nSPS) is 15.3. The number of ether oxygens (including phenoxy) is 1. The lowest BCUT2D eigenvalue weighted by molar-refractivity contribution is 0.102. The number of amides is 1. The molecule has 156 valence electrons. The summed E-state index contributed by atoms with van der Waals surface area (Å²) in [5.41, 5.74) is 0.728. The fourth-order valence-corrected chi connectivity index (χ4v) is 4.84. The monoisotopic (exact) mass is 436 g/mol. The second-order valence-electron chi connectivity index (χ2n) is 7.25. The van der Waals surface area contributed by atoms with Crippen LogP contribution in [0.1, 0.15) is 43.5 Å². The van der Waals surface area contributed by atoms with E-state index in [1.54, 1.807) is 30.3 Å². The van der Waals surface area contributed by atoms with Crippen molar-refractivity contribution in [1.82, 2.24) is 4.31 Å². The van der Waals surface area contributed by atoms with Gasteiger partial charge in [0.1, 0.15) is 5.75 Å². The average molecular weight is 437 g/mol. The molecule has 3 rings (SSSR count). The Labute approximate surface area is 176 Å². The standard InChI is InChI=1S/C21H25ClN2O4S/c1-15(2)28-20-11-10-18(29(26,27)24-12-4-3-5-13-24)14-19(20)23-21(25)16-6-8-17(22)9-7-16/h6-11,14-15H,3-5,12-13H2,1-2H3,(H,23,25). The van der Waals surface area contributed by atoms with Crippen LogP contribution in [0.25, 0.3) is 0 Å². The number of piperidine rings is 1. The summed E-state index contributed by atoms with van der Waals surface area (Å²) in [7, 11) is -3.63. The van der Waals surface area contributed by atoms with Crippen LogP contribution in [0.3, 0.4) is 0 Å². The van der Waals surface area contributed by atoms with Crippen LogP contribution >= 0.6 is 11.6 Å². The van der Waals surface area contributed by atoms with Crippen molar-refractivity contribution in [2.45, 2.75) is 44.1 Å². The van der Waals surface area contributed by atoms with Crippen molar-refractivity contribution >= 4 is 33.2 Å². The Bertz CT molecular complexity index is 969. The molecule has 1 N–H and O–H groups in total. The topological polar surface area (TPSA) is 75.7 Å². The molecule has 1 fully saturated rings. The maximum absolute atomic E-state index is 13.0. The van der Waals surface area contributed by atoms with Crippen molar-refractivity contribution in [2.75, 3.05) is 18.4 Å². The number of rotatable bonds is 6. The van der Waals surface area contributed by atoms with E-state index >= 15 is 0 Å². The van der Waals surface area contributed by atoms with Crippen LogP contribution in [-0.2, 0) is 10.0 Å². The zero-order chi connectivity index (χ0) is 21.0. The van der Waals surface area contributed by atoms with Crippen molar-refractivity contribution in [1.29, 1.82) is 0 Å². The molecule has 2 aromatic carbocycles. The molecule has 0 saturated carbocycles. The van der Waals surface area contributed by atoms with E-state index in [9.17, 15) is 13.2 Å². The lowest BCUT2D eigenvalue weighted by Gasteiger charge is -2.26. The van der Waals surface area contributed by atoms with E-state index in [4.69, 9.17) is 16.3 Å². The molecule has 0 radical (unpaired) electrons. The summed E-state index contributed by atoms with van der Waals surface area (Å²) < 4.78 is 33.3. The molecule has 0 aliphatic carbocycles. The van der Waals surface area contributed by atoms with Gasteiger partial charge in [0, 0.05) is 23.7 Å². The van der Waals surface area contributed by atoms with Crippen LogP contribution in [-0.4, -0.2) is 37.8 Å². The number of hydrogen-bond donors (Lipinski definition) is 1. The van der Waals surface area contributed by atoms with Crippen LogP contribution in [0.4, 0.5) is 5.69 Å². The van der Waals surface area contributed by atoms with Crippen LogP contribution in [0.5, 0.6) is 5.75 Å². The van der Waals surface area contributed by atoms with E-state index in [0.717, 1.165) is 19.3 Å². The molecule has 0 spiro atoms. The molecule has 0 atom stereocenters. The molecule has 2 aromatic rings. The molecule has 6 nitrogen and oxygen atoms in total. The van der Waals surface area contributed by atoms with E-state index < -0.39 is 10.0 Å². The van der Waals surface area contributed by atoms with Gasteiger partial charge in [-0.05, 0) is 69.2 Å². The minimum Gasteiger partial charge on any atom is -0.489 e. The molecule has 1 saturated heterocycles. The molecule has 0 unspecified atom stereocenters. The minimum atomic E-state index is -3.63. The van der Waals surface area contributed by atoms with Crippen molar-refractivity contribution in [3.8, 4) is 5.75 Å². The third-order valence-corrected chi connectivity index (χ3v) is 6.77. The Morgan fingerprint density at radius 2 is 1.72 bits per heavy atom. The maximum atomic E-state index is 13.0. The highest BCUT2D eigenvalue weighted by atomic mass is 35.5. The summed E-state index contributed by atoms with van der Waals surface area (Å²) in [5.74, 6) is 0.0442. The minimum absolute atomic E-state index is 0.134. The first-order chi connectivity index (χ1) is 13.8. The van der Waals surface area contributed by atoms with Gasteiger partial charge in [0.25, 0.3) is 5.91 Å². The predicted molar refractivity (Wildman–Crippen MR) is 114 cm³/mol. The van der Waals surface area contributed by atoms with Crippen LogP contribution < -0.4 is 10.1 Å². The molecule has 8 heteroatoms. The zero-order valence-corrected chi connectivity index (χ0v) is 18.1. The summed E-state index contributed by atoms with van der Waals surface area (Å²) in [6.45, 7) is 4.75. The second-order valence-corrected chi connectivity index (χ2v) is 9.62. The number of halogens is 1. The second kappa shape index (κ2) is 9.15. The molecule has 29 heavy (non-hydrogen) atoms. The molecule has 1 aliphatic rings. The van der Waals surface area contributed by atoms with Gasteiger partial charge in [-0.1, -0.05) is 18.0 Å². The molecule has 1 amide bonds. The third-order valence-electron chi connectivity index (χ3n) is 4.62. The highest BCUT2D eigenvalue weighted by molar-refractivity contribution is 7.89. The van der Waals surface area contributed by atoms with Gasteiger partial charge >= 0.3 is 0 Å². The Kier molecular flexibility index (Phi) is 6.82. The van der Waals surface area contributed by atoms with Gasteiger partial charge in [0.15, 0.2) is 0 Å². The molecular formula is C21H25ClN2O4S. The third kappa shape index (κ3) is 5.29. The summed E-state index contributed by atoms with van der Waals surface area (Å²) in [4.78, 5) is 12.8. The van der Waals surface area contributed by atoms with Gasteiger partial charge in [0.05, 0.1) is 16.7 Å². The average Bonchev–Trinajstić information content (AvgIpc) is 2.70. The molecule has 0 aromatic heterocycles. The van der Waals surface area contributed by atoms with E-state index in [1.165, 1.54) is 16.4 Å². The Hall–Kier alpha value is -2.09. The number of carbonyl (C=O) groups excluding carboxylic acids is 1. The summed E-state index contributed by atoms with van der Waals surface area (Å²) >= 11 is 5.88. The number of hydrogen-bond acceptors (Lipinski definition) is 4. The Balaban J connectivity index is 1.93. The quantitative estimate of drug-likeness (QED) is 0.720. The van der Waals surface area contributed by atoms with Crippen molar-refractivity contribution < 1.29 is 17.9 Å². The summed E-state index contributed by atoms with van der Waals surface area (Å²) in [6, 6.07) is 11.0. The maximum Gasteiger partial charge on any atom is 0.255 e. The molecule has 1 heterocycles. The Morgan fingerprint density at radius 3 is 2.34 bits per heavy atom. The number of anilines is 1. The van der Waals surface area contributed by atoms with E-state index in [1.807, 2.05) is 13.8 Å². The number of sulfonamides is 1. The lowest BCUT2D eigenvalue weighted by Crippen LogP contribution is -2.35. The van der Waals surface area contributed by atoms with Crippen LogP contribution in [0, 0.1) is 0 Å². The van der Waals surface area contributed by atoms with Crippen molar-refractivity contribution in [3.63, 3.8) is 0 Å². The van der Waals surface area contributed by atoms with E-state index in [0.29, 0.717) is 35.1 Å². The van der Waals surface area contributed by atoms with Crippen molar-refractivity contribution in [3.05, 3.63) is 53.1 Å². The van der Waals surface area contributed by atoms with Gasteiger partial charge in [-0.3, -0.25) is 4.79 Å². The summed E-state index contributed by atoms with van der Waals surface area (Å²) in [5, 5.41) is 3.30. The highest BCUT2D eigenvalue weighted by Gasteiger charge is 2.27. The first-order valence-electron chi connectivity index (χ1n) is 9.65. The van der Waals surface area contributed by atoms with E-state index in [2.05, 4.69) is 5.32 Å². The smallest absolute Gasteiger partial charge is 0.255 e. The SMILES string of the molecule is CC(C)Oc1ccc(S(=O)(=O)N2CCCCC2)cc1NC(=O)c1ccc(Cl)cc1. The fraction of sp³-hybridized carbons (Fsp3) is 0.381. The molecule has 1 aliphatic heterocycles. The van der Waals surface area contributed by atoms with Gasteiger partial charge in [-0.25, -0.2) is 8.42 Å². The van der Waals surface area contributed by atoms with Crippen LogP contribution in [0.2, 0.25) is 5.02 Å². The molecule has 0 bridgehead atoms. The number of nitrogens with one attached hydrogen (secondary N) is 1. The zero-order valence-electron chi connectivity index (χ0n) is 16.5. The van der Waals surface area contributed by atoms with Gasteiger partial charge in [-0.15, -0.1) is 0 Å². The largest absolute Gasteiger partial charge is 0.489 e. The van der Waals surface area contributed by atoms with Gasteiger partial charge < -0.3 is 10.1 Å². The first-order valence-corrected chi connectivity index (χ1v) is 11.5. The lowest BCUT2D eigenvalue weighted by atomic mass is 10.2. The fourth-order valence-electron chi connectivity index (χ4n) is 3.17. The van der Waals surface area contributed by atoms with Gasteiger partial charge in [-0.2, -0.15) is 4.31 Å². The van der Waals surface area contributed by atoms with Crippen molar-refractivity contribution in [2.24, 2.45) is 0 Å². The molecular weight excluding hydrogens is 412 g/mol. The summed E-state index contributed by atoms with van der Waals surface area (Å²) in [6.07, 6.45) is 2.61. The van der Waals surface area contributed by atoms with E-state index in [-0.39, 0.29) is 16.9 Å².